The standard InChI is InChI=1S/C22H35N3O5/c1-15(2)25(20(28)30-22(6,7)8)18-12-11-16(14-24-18)17(26)10-9-13-23-19(27)29-21(3,4)5/h11-12,14-15H,9-10,13H2,1-8H3,(H,23,27). The van der Waals surface area contributed by atoms with Crippen LogP contribution in [0, 0.1) is 0 Å². The molecule has 0 unspecified atom stereocenters. The van der Waals surface area contributed by atoms with Crippen molar-refractivity contribution in [1.29, 1.82) is 0 Å². The molecule has 0 aliphatic heterocycles. The topological polar surface area (TPSA) is 97.8 Å². The molecule has 1 rings (SSSR count). The molecule has 0 atom stereocenters. The molecule has 0 saturated heterocycles. The average molecular weight is 422 g/mol. The van der Waals surface area contributed by atoms with Crippen molar-refractivity contribution < 1.29 is 23.9 Å². The molecule has 0 saturated carbocycles. The molecule has 0 fully saturated rings. The van der Waals surface area contributed by atoms with Gasteiger partial charge in [0.25, 0.3) is 0 Å². The highest BCUT2D eigenvalue weighted by Crippen LogP contribution is 2.19. The molecule has 0 radical (unpaired) electrons. The van der Waals surface area contributed by atoms with Crippen LogP contribution in [0.2, 0.25) is 0 Å². The molecule has 8 nitrogen and oxygen atoms in total. The summed E-state index contributed by atoms with van der Waals surface area (Å²) in [6.45, 7) is 14.8. The van der Waals surface area contributed by atoms with Crippen LogP contribution in [0.25, 0.3) is 0 Å². The third-order valence-corrected chi connectivity index (χ3v) is 3.67. The number of Topliss-reactive ketones (excluding diaryl/α,β-unsaturated/α-hetero) is 1. The number of hydrogen-bond acceptors (Lipinski definition) is 6. The summed E-state index contributed by atoms with van der Waals surface area (Å²) >= 11 is 0. The van der Waals surface area contributed by atoms with Gasteiger partial charge in [-0.15, -0.1) is 0 Å². The molecule has 1 heterocycles. The van der Waals surface area contributed by atoms with E-state index in [0.29, 0.717) is 24.3 Å². The summed E-state index contributed by atoms with van der Waals surface area (Å²) in [5.74, 6) is 0.329. The normalized spacial score (nSPS) is 11.8. The van der Waals surface area contributed by atoms with Gasteiger partial charge in [-0.25, -0.2) is 14.6 Å². The van der Waals surface area contributed by atoms with E-state index in [-0.39, 0.29) is 18.2 Å². The van der Waals surface area contributed by atoms with E-state index < -0.39 is 23.4 Å². The maximum absolute atomic E-state index is 12.5. The number of nitrogens with zero attached hydrogens (tertiary/aromatic N) is 2. The fourth-order valence-electron chi connectivity index (χ4n) is 2.47. The first-order valence-electron chi connectivity index (χ1n) is 10.2. The Morgan fingerprint density at radius 1 is 1.03 bits per heavy atom. The van der Waals surface area contributed by atoms with Crippen molar-refractivity contribution in [1.82, 2.24) is 10.3 Å². The first-order chi connectivity index (χ1) is 13.7. The number of ether oxygens (including phenoxy) is 2. The molecule has 0 aliphatic carbocycles. The van der Waals surface area contributed by atoms with Gasteiger partial charge in [0.15, 0.2) is 5.78 Å². The van der Waals surface area contributed by atoms with Crippen LogP contribution in [0.15, 0.2) is 18.3 Å². The van der Waals surface area contributed by atoms with Gasteiger partial charge in [-0.3, -0.25) is 9.69 Å². The second kappa shape index (κ2) is 10.4. The van der Waals surface area contributed by atoms with Gasteiger partial charge in [-0.1, -0.05) is 0 Å². The number of aromatic nitrogens is 1. The molecular weight excluding hydrogens is 386 g/mol. The third-order valence-electron chi connectivity index (χ3n) is 3.67. The van der Waals surface area contributed by atoms with Gasteiger partial charge in [-0.05, 0) is 73.9 Å². The largest absolute Gasteiger partial charge is 0.444 e. The number of amides is 2. The second-order valence-corrected chi connectivity index (χ2v) is 9.30. The van der Waals surface area contributed by atoms with Crippen LogP contribution in [0.1, 0.15) is 78.6 Å². The zero-order valence-electron chi connectivity index (χ0n) is 19.4. The summed E-state index contributed by atoms with van der Waals surface area (Å²) in [7, 11) is 0. The fourth-order valence-corrected chi connectivity index (χ4v) is 2.47. The van der Waals surface area contributed by atoms with E-state index in [1.54, 1.807) is 53.7 Å². The van der Waals surface area contributed by atoms with Crippen molar-refractivity contribution in [2.24, 2.45) is 0 Å². The van der Waals surface area contributed by atoms with Crippen molar-refractivity contribution in [2.75, 3.05) is 11.4 Å². The Morgan fingerprint density at radius 2 is 1.63 bits per heavy atom. The van der Waals surface area contributed by atoms with Crippen molar-refractivity contribution in [3.8, 4) is 0 Å². The van der Waals surface area contributed by atoms with Gasteiger partial charge in [0.1, 0.15) is 17.0 Å². The van der Waals surface area contributed by atoms with Crippen molar-refractivity contribution in [3.63, 3.8) is 0 Å². The summed E-state index contributed by atoms with van der Waals surface area (Å²) in [6, 6.07) is 3.12. The minimum Gasteiger partial charge on any atom is -0.444 e. The molecular formula is C22H35N3O5. The lowest BCUT2D eigenvalue weighted by atomic mass is 10.1. The van der Waals surface area contributed by atoms with Crippen LogP contribution in [0.3, 0.4) is 0 Å². The van der Waals surface area contributed by atoms with Crippen molar-refractivity contribution in [2.45, 2.75) is 85.5 Å². The van der Waals surface area contributed by atoms with Crippen molar-refractivity contribution in [3.05, 3.63) is 23.9 Å². The van der Waals surface area contributed by atoms with Gasteiger partial charge in [0.2, 0.25) is 0 Å². The Kier molecular flexibility index (Phi) is 8.81. The number of pyridine rings is 1. The Balaban J connectivity index is 2.64. The number of ketones is 1. The number of carbonyl (C=O) groups is 3. The molecule has 1 aromatic heterocycles. The number of carbonyl (C=O) groups excluding carboxylic acids is 3. The number of rotatable bonds is 7. The number of nitrogens with one attached hydrogen (secondary N) is 1. The Labute approximate surface area is 179 Å². The first kappa shape index (κ1) is 25.4. The third kappa shape index (κ3) is 9.24. The van der Waals surface area contributed by atoms with E-state index in [1.807, 2.05) is 13.8 Å². The molecule has 0 aromatic carbocycles. The molecule has 1 N–H and O–H groups in total. The van der Waals surface area contributed by atoms with E-state index in [9.17, 15) is 14.4 Å². The maximum atomic E-state index is 12.5. The minimum absolute atomic E-state index is 0.0894. The molecule has 0 bridgehead atoms. The van der Waals surface area contributed by atoms with Gasteiger partial charge < -0.3 is 14.8 Å². The van der Waals surface area contributed by atoms with E-state index in [1.165, 1.54) is 11.1 Å². The highest BCUT2D eigenvalue weighted by Gasteiger charge is 2.26. The zero-order valence-corrected chi connectivity index (χ0v) is 19.4. The van der Waals surface area contributed by atoms with Crippen LogP contribution in [0.4, 0.5) is 15.4 Å². The van der Waals surface area contributed by atoms with Gasteiger partial charge >= 0.3 is 12.2 Å². The number of anilines is 1. The van der Waals surface area contributed by atoms with Gasteiger partial charge in [-0.2, -0.15) is 0 Å². The quantitative estimate of drug-likeness (QED) is 0.505. The lowest BCUT2D eigenvalue weighted by molar-refractivity contribution is 0.0523. The Bertz CT molecular complexity index is 731. The minimum atomic E-state index is -0.618. The van der Waals surface area contributed by atoms with E-state index in [2.05, 4.69) is 10.3 Å². The molecule has 30 heavy (non-hydrogen) atoms. The van der Waals surface area contributed by atoms with Crippen LogP contribution in [-0.2, 0) is 9.47 Å². The maximum Gasteiger partial charge on any atom is 0.416 e. The van der Waals surface area contributed by atoms with E-state index in [4.69, 9.17) is 9.47 Å². The number of alkyl carbamates (subject to hydrolysis) is 1. The summed E-state index contributed by atoms with van der Waals surface area (Å²) < 4.78 is 10.6. The molecule has 0 aliphatic rings. The number of hydrogen-bond donors (Lipinski definition) is 1. The first-order valence-corrected chi connectivity index (χ1v) is 10.2. The van der Waals surface area contributed by atoms with Crippen LogP contribution in [0.5, 0.6) is 0 Å². The second-order valence-electron chi connectivity index (χ2n) is 9.30. The molecule has 0 spiro atoms. The van der Waals surface area contributed by atoms with E-state index >= 15 is 0 Å². The fraction of sp³-hybridized carbons (Fsp3) is 0.636. The average Bonchev–Trinajstić information content (AvgIpc) is 2.55. The summed E-state index contributed by atoms with van der Waals surface area (Å²) in [4.78, 5) is 42.2. The summed E-state index contributed by atoms with van der Waals surface area (Å²) in [5.41, 5.74) is -0.729. The molecule has 8 heteroatoms. The van der Waals surface area contributed by atoms with Crippen molar-refractivity contribution >= 4 is 23.8 Å². The monoisotopic (exact) mass is 421 g/mol. The molecule has 168 valence electrons. The predicted octanol–water partition coefficient (Wildman–Crippen LogP) is 4.72. The Morgan fingerprint density at radius 3 is 2.10 bits per heavy atom. The SMILES string of the molecule is CC(C)N(C(=O)OC(C)(C)C)c1ccc(C(=O)CCCNC(=O)OC(C)(C)C)cn1. The summed E-state index contributed by atoms with van der Waals surface area (Å²) in [6.07, 6.45) is 1.21. The highest BCUT2D eigenvalue weighted by atomic mass is 16.6. The van der Waals surface area contributed by atoms with Gasteiger partial charge in [0.05, 0.1) is 0 Å². The predicted molar refractivity (Wildman–Crippen MR) is 116 cm³/mol. The summed E-state index contributed by atoms with van der Waals surface area (Å²) in [5, 5.41) is 2.63. The van der Waals surface area contributed by atoms with Crippen LogP contribution < -0.4 is 10.2 Å². The molecule has 2 amide bonds. The Hall–Kier alpha value is -2.64. The lowest BCUT2D eigenvalue weighted by Crippen LogP contribution is -2.41. The van der Waals surface area contributed by atoms with E-state index in [0.717, 1.165) is 0 Å². The van der Waals surface area contributed by atoms with Gasteiger partial charge in [0, 0.05) is 30.8 Å². The molecule has 1 aromatic rings. The zero-order chi connectivity index (χ0) is 23.1. The van der Waals surface area contributed by atoms with Crippen LogP contribution >= 0.6 is 0 Å². The van der Waals surface area contributed by atoms with Crippen LogP contribution in [-0.4, -0.2) is 46.7 Å². The highest BCUT2D eigenvalue weighted by molar-refractivity contribution is 5.96. The smallest absolute Gasteiger partial charge is 0.416 e. The lowest BCUT2D eigenvalue weighted by Gasteiger charge is -2.29.